The number of ketones is 1. The van der Waals surface area contributed by atoms with Crippen LogP contribution >= 0.6 is 11.8 Å². The lowest BCUT2D eigenvalue weighted by Crippen LogP contribution is -2.70. The van der Waals surface area contributed by atoms with E-state index in [1.54, 1.807) is 4.90 Å². The number of carbonyl (C=O) groups is 5. The topological polar surface area (TPSA) is 110 Å². The lowest BCUT2D eigenvalue weighted by molar-refractivity contribution is -0.177. The average molecular weight is 577 g/mol. The van der Waals surface area contributed by atoms with Crippen molar-refractivity contribution >= 4 is 48.9 Å². The van der Waals surface area contributed by atoms with Gasteiger partial charge in [0.2, 0.25) is 5.91 Å². The van der Waals surface area contributed by atoms with Crippen LogP contribution in [0.15, 0.2) is 31.0 Å². The number of ether oxygens (including phenoxy) is 1. The fraction of sp³-hybridized carbons (Fsp3) is 0.643. The van der Waals surface area contributed by atoms with E-state index in [1.165, 1.54) is 6.08 Å². The van der Waals surface area contributed by atoms with Crippen LogP contribution in [0.25, 0.3) is 0 Å². The first-order valence-electron chi connectivity index (χ1n) is 13.8. The highest BCUT2D eigenvalue weighted by Gasteiger charge is 2.61. The van der Waals surface area contributed by atoms with Crippen LogP contribution in [-0.2, 0) is 28.3 Å². The van der Waals surface area contributed by atoms with Gasteiger partial charge in [0.15, 0.2) is 13.4 Å². The Labute approximate surface area is 236 Å². The number of β-lactam (4-membered cyclic amide) rings is 1. The zero-order valence-corrected chi connectivity index (χ0v) is 25.2. The van der Waals surface area contributed by atoms with Crippen molar-refractivity contribution in [2.45, 2.75) is 88.5 Å². The summed E-state index contributed by atoms with van der Waals surface area (Å²) in [4.78, 5) is 67.5. The van der Waals surface area contributed by atoms with E-state index in [0.717, 1.165) is 53.7 Å². The van der Waals surface area contributed by atoms with Crippen molar-refractivity contribution < 1.29 is 33.1 Å². The SMILES string of the molecule is C=C=CC(=O)C(=O)N1C(=O)[C@H]([C@@H](C)O[Si](CC)(CC)CC)[C@H]1[C@@H]1C[C@@H]([C@@H]2CCCN2C(=O)OCC=C)SC1=O. The second-order valence-corrected chi connectivity index (χ2v) is 16.4. The molecule has 3 aliphatic heterocycles. The van der Waals surface area contributed by atoms with E-state index in [0.29, 0.717) is 13.0 Å². The van der Waals surface area contributed by atoms with Crippen molar-refractivity contribution in [2.24, 2.45) is 11.8 Å². The zero-order chi connectivity index (χ0) is 28.9. The van der Waals surface area contributed by atoms with Crippen molar-refractivity contribution in [1.82, 2.24) is 9.80 Å². The van der Waals surface area contributed by atoms with Gasteiger partial charge in [0.1, 0.15) is 6.61 Å². The summed E-state index contributed by atoms with van der Waals surface area (Å²) in [5.74, 6) is -3.75. The van der Waals surface area contributed by atoms with Gasteiger partial charge in [0.25, 0.3) is 5.78 Å². The molecule has 0 radical (unpaired) electrons. The van der Waals surface area contributed by atoms with Crippen molar-refractivity contribution in [2.75, 3.05) is 13.2 Å². The highest BCUT2D eigenvalue weighted by atomic mass is 32.2. The smallest absolute Gasteiger partial charge is 0.410 e. The van der Waals surface area contributed by atoms with Gasteiger partial charge in [-0.1, -0.05) is 51.8 Å². The average Bonchev–Trinajstić information content (AvgIpc) is 3.55. The Morgan fingerprint density at radius 1 is 1.21 bits per heavy atom. The Kier molecular flexibility index (Phi) is 10.6. The molecule has 3 amide bonds. The van der Waals surface area contributed by atoms with Crippen molar-refractivity contribution in [3.63, 3.8) is 0 Å². The number of rotatable bonds is 12. The summed E-state index contributed by atoms with van der Waals surface area (Å²) in [5, 5.41) is -0.347. The van der Waals surface area contributed by atoms with Gasteiger partial charge in [-0.25, -0.2) is 4.79 Å². The Morgan fingerprint density at radius 3 is 2.46 bits per heavy atom. The number of hydrogen-bond acceptors (Lipinski definition) is 8. The van der Waals surface area contributed by atoms with Crippen LogP contribution in [0.3, 0.4) is 0 Å². The van der Waals surface area contributed by atoms with Gasteiger partial charge in [-0.2, -0.15) is 0 Å². The normalized spacial score (nSPS) is 27.5. The minimum atomic E-state index is -2.09. The molecule has 11 heteroatoms. The van der Waals surface area contributed by atoms with Crippen LogP contribution in [0.4, 0.5) is 4.79 Å². The van der Waals surface area contributed by atoms with E-state index >= 15 is 0 Å². The molecular formula is C28H40N2O7SSi. The molecule has 3 heterocycles. The number of imide groups is 1. The summed E-state index contributed by atoms with van der Waals surface area (Å²) in [7, 11) is -2.09. The molecule has 39 heavy (non-hydrogen) atoms. The Balaban J connectivity index is 1.88. The van der Waals surface area contributed by atoms with E-state index in [1.807, 2.05) is 6.92 Å². The molecule has 3 aliphatic rings. The number of thioether (sulfide) groups is 1. The molecule has 0 N–H and O–H groups in total. The molecule has 0 saturated carbocycles. The van der Waals surface area contributed by atoms with Crippen LogP contribution < -0.4 is 0 Å². The quantitative estimate of drug-likeness (QED) is 0.0853. The van der Waals surface area contributed by atoms with E-state index in [4.69, 9.17) is 9.16 Å². The predicted molar refractivity (Wildman–Crippen MR) is 151 cm³/mol. The molecule has 0 aromatic carbocycles. The van der Waals surface area contributed by atoms with Crippen LogP contribution in [0.5, 0.6) is 0 Å². The molecule has 0 aromatic rings. The van der Waals surface area contributed by atoms with Gasteiger partial charge in [-0.15, -0.1) is 5.73 Å². The van der Waals surface area contributed by atoms with Crippen LogP contribution in [-0.4, -0.2) is 83.5 Å². The lowest BCUT2D eigenvalue weighted by Gasteiger charge is -2.51. The lowest BCUT2D eigenvalue weighted by atomic mass is 9.74. The third-order valence-corrected chi connectivity index (χ3v) is 14.6. The first-order valence-corrected chi connectivity index (χ1v) is 17.2. The molecule has 3 rings (SSSR count). The van der Waals surface area contributed by atoms with Crippen LogP contribution in [0, 0.1) is 11.8 Å². The minimum Gasteiger partial charge on any atom is -0.445 e. The summed E-state index contributed by atoms with van der Waals surface area (Å²) < 4.78 is 11.9. The molecule has 0 spiro atoms. The fourth-order valence-electron chi connectivity index (χ4n) is 6.18. The monoisotopic (exact) mass is 576 g/mol. The summed E-state index contributed by atoms with van der Waals surface area (Å²) in [5.41, 5.74) is 2.29. The summed E-state index contributed by atoms with van der Waals surface area (Å²) in [6, 6.07) is 1.69. The van der Waals surface area contributed by atoms with E-state index in [9.17, 15) is 24.0 Å². The molecule has 3 fully saturated rings. The number of nitrogens with zero attached hydrogens (tertiary/aromatic N) is 2. The number of hydrogen-bond donors (Lipinski definition) is 0. The molecule has 0 unspecified atom stereocenters. The molecule has 9 nitrogen and oxygen atoms in total. The number of carbonyl (C=O) groups excluding carboxylic acids is 5. The molecule has 0 bridgehead atoms. The van der Waals surface area contributed by atoms with Crippen molar-refractivity contribution in [1.29, 1.82) is 0 Å². The van der Waals surface area contributed by atoms with Gasteiger partial charge in [0.05, 0.1) is 24.0 Å². The number of amides is 3. The largest absolute Gasteiger partial charge is 0.445 e. The highest BCUT2D eigenvalue weighted by Crippen LogP contribution is 2.48. The van der Waals surface area contributed by atoms with Crippen LogP contribution in [0.2, 0.25) is 18.1 Å². The van der Waals surface area contributed by atoms with E-state index in [-0.39, 0.29) is 23.0 Å². The first-order chi connectivity index (χ1) is 18.6. The summed E-state index contributed by atoms with van der Waals surface area (Å²) >= 11 is 1.16. The Morgan fingerprint density at radius 2 is 1.87 bits per heavy atom. The minimum absolute atomic E-state index is 0.105. The van der Waals surface area contributed by atoms with Crippen molar-refractivity contribution in [3.05, 3.63) is 31.0 Å². The van der Waals surface area contributed by atoms with Gasteiger partial charge in [-0.3, -0.25) is 24.1 Å². The highest BCUT2D eigenvalue weighted by molar-refractivity contribution is 8.14. The maximum absolute atomic E-state index is 13.4. The third-order valence-electron chi connectivity index (χ3n) is 8.48. The maximum Gasteiger partial charge on any atom is 0.410 e. The standard InChI is InChI=1S/C28H40N2O7SSi/c1-7-13-21(31)25(32)30-24(23(26(30)33)18(6)37-39(9-3,10-4)11-5)19-17-22(38-27(19)34)20-14-12-15-29(20)28(35)36-16-8-2/h8,13,18-20,22-24H,1-2,9-12,14-17H2,3-6H3/t18-,19+,20+,22+,23-,24-/m1/s1. The summed E-state index contributed by atoms with van der Waals surface area (Å²) in [6.07, 6.45) is 3.38. The van der Waals surface area contributed by atoms with Crippen LogP contribution in [0.1, 0.15) is 47.0 Å². The Bertz CT molecular complexity index is 1050. The van der Waals surface area contributed by atoms with Gasteiger partial charge >= 0.3 is 12.0 Å². The third kappa shape index (κ3) is 6.16. The van der Waals surface area contributed by atoms with Crippen molar-refractivity contribution in [3.8, 4) is 0 Å². The van der Waals surface area contributed by atoms with Gasteiger partial charge in [0, 0.05) is 23.9 Å². The van der Waals surface area contributed by atoms with Gasteiger partial charge in [-0.05, 0) is 44.3 Å². The second-order valence-electron chi connectivity index (χ2n) is 10.4. The Hall–Kier alpha value is -2.46. The molecule has 0 aliphatic carbocycles. The maximum atomic E-state index is 13.4. The predicted octanol–water partition coefficient (Wildman–Crippen LogP) is 4.10. The zero-order valence-electron chi connectivity index (χ0n) is 23.4. The summed E-state index contributed by atoms with van der Waals surface area (Å²) in [6.45, 7) is 15.7. The first kappa shape index (κ1) is 31.1. The number of likely N-dealkylation sites (tertiary alicyclic amines) is 2. The second kappa shape index (κ2) is 13.3. The van der Waals surface area contributed by atoms with E-state index in [2.05, 4.69) is 39.7 Å². The molecule has 0 aromatic heterocycles. The van der Waals surface area contributed by atoms with E-state index < -0.39 is 56.0 Å². The molecule has 214 valence electrons. The molecular weight excluding hydrogens is 536 g/mol. The molecule has 6 atom stereocenters. The van der Waals surface area contributed by atoms with Gasteiger partial charge < -0.3 is 14.1 Å². The fourth-order valence-corrected chi connectivity index (χ4v) is 10.6. The molecule has 3 saturated heterocycles.